The van der Waals surface area contributed by atoms with Gasteiger partial charge in [-0.2, -0.15) is 6.42 Å². The Labute approximate surface area is 108 Å². The van der Waals surface area contributed by atoms with Crippen LogP contribution in [-0.2, 0) is 42.2 Å². The van der Waals surface area contributed by atoms with Crippen LogP contribution in [0, 0.1) is 13.8 Å². The van der Waals surface area contributed by atoms with Gasteiger partial charge in [0.2, 0.25) is 0 Å². The molecule has 0 fully saturated rings. The Morgan fingerprint density at radius 1 is 1.38 bits per heavy atom. The molecule has 0 saturated carbocycles. The maximum atomic E-state index is 9.70. The van der Waals surface area contributed by atoms with Gasteiger partial charge in [-0.25, -0.2) is 0 Å². The molecule has 0 heterocycles. The third-order valence-corrected chi connectivity index (χ3v) is 1.24. The normalized spacial score (nSPS) is 7.92. The van der Waals surface area contributed by atoms with Crippen LogP contribution in [0.5, 0.6) is 0 Å². The zero-order valence-corrected chi connectivity index (χ0v) is 11.7. The number of methoxy groups -OCH3 is 1. The number of ketones is 1. The first kappa shape index (κ1) is 19.2. The molecule has 0 aromatic carbocycles. The van der Waals surface area contributed by atoms with E-state index in [1.807, 2.05) is 0 Å². The second-order valence-electron chi connectivity index (χ2n) is 2.45. The van der Waals surface area contributed by atoms with Gasteiger partial charge < -0.3 is 23.4 Å². The third-order valence-electron chi connectivity index (χ3n) is 1.24. The van der Waals surface area contributed by atoms with E-state index in [9.17, 15) is 4.79 Å². The van der Waals surface area contributed by atoms with Gasteiger partial charge in [0.25, 0.3) is 0 Å². The van der Waals surface area contributed by atoms with Gasteiger partial charge in [-0.15, -0.1) is 0 Å². The van der Waals surface area contributed by atoms with Crippen molar-refractivity contribution in [3.05, 3.63) is 13.8 Å². The van der Waals surface area contributed by atoms with Crippen LogP contribution in [0.1, 0.15) is 32.6 Å². The van der Waals surface area contributed by atoms with Crippen LogP contribution in [-0.4, -0.2) is 19.5 Å². The molecule has 0 amide bonds. The third kappa shape index (κ3) is 32.5. The minimum Gasteiger partial charge on any atom is -0.385 e. The zero-order chi connectivity index (χ0) is 9.82. The Balaban J connectivity index is -0.000000150. The van der Waals surface area contributed by atoms with E-state index in [4.69, 9.17) is 4.74 Å². The molecule has 77 valence electrons. The Morgan fingerprint density at radius 2 is 1.85 bits per heavy atom. The van der Waals surface area contributed by atoms with E-state index in [2.05, 4.69) is 13.8 Å². The molecular weight excluding hydrogens is 241 g/mol. The van der Waals surface area contributed by atoms with Gasteiger partial charge in [0, 0.05) is 46.4 Å². The summed E-state index contributed by atoms with van der Waals surface area (Å²) in [5, 5.41) is 0. The van der Waals surface area contributed by atoms with E-state index in [0.29, 0.717) is 6.42 Å². The van der Waals surface area contributed by atoms with Gasteiger partial charge >= 0.3 is 0 Å². The number of Topliss-reactive ketones (excluding diaryl/α,β-unsaturated/α-hetero) is 1. The number of carbonyl (C=O) groups is 1. The maximum absolute atomic E-state index is 9.70. The SMILES string of the molecule is [CH2-]C(=O)CC.[CH2-]CCCCOC.[Y]. The van der Waals surface area contributed by atoms with E-state index in [0.717, 1.165) is 19.4 Å². The first-order chi connectivity index (χ1) is 5.68. The summed E-state index contributed by atoms with van der Waals surface area (Å²) in [5.41, 5.74) is 0. The smallest absolute Gasteiger partial charge is 0.0461 e. The number of rotatable bonds is 5. The molecule has 0 aliphatic heterocycles. The molecule has 0 aliphatic carbocycles. The van der Waals surface area contributed by atoms with E-state index >= 15 is 0 Å². The van der Waals surface area contributed by atoms with Gasteiger partial charge in [0.05, 0.1) is 0 Å². The second kappa shape index (κ2) is 18.4. The van der Waals surface area contributed by atoms with Gasteiger partial charge in [0.1, 0.15) is 0 Å². The molecule has 2 nitrogen and oxygen atoms in total. The van der Waals surface area contributed by atoms with E-state index in [-0.39, 0.29) is 38.5 Å². The Bertz CT molecular complexity index is 90.9. The van der Waals surface area contributed by atoms with Crippen LogP contribution in [0.25, 0.3) is 0 Å². The van der Waals surface area contributed by atoms with Crippen molar-refractivity contribution < 1.29 is 42.2 Å². The Hall–Kier alpha value is 0.604. The fourth-order valence-electron chi connectivity index (χ4n) is 0.423. The molecule has 0 saturated heterocycles. The van der Waals surface area contributed by atoms with E-state index in [1.54, 1.807) is 14.0 Å². The van der Waals surface area contributed by atoms with Crippen molar-refractivity contribution in [1.29, 1.82) is 0 Å². The molecule has 3 heteroatoms. The molecule has 0 aromatic heterocycles. The molecule has 0 bridgehead atoms. The summed E-state index contributed by atoms with van der Waals surface area (Å²) in [6.07, 6.45) is 3.93. The van der Waals surface area contributed by atoms with Crippen molar-refractivity contribution in [2.45, 2.75) is 32.6 Å². The largest absolute Gasteiger partial charge is 0.385 e. The molecule has 0 unspecified atom stereocenters. The first-order valence-corrected chi connectivity index (χ1v) is 4.32. The first-order valence-electron chi connectivity index (χ1n) is 4.32. The number of carbonyl (C=O) groups excluding carboxylic acids is 1. The average Bonchev–Trinajstić information content (AvgIpc) is 2.07. The fourth-order valence-corrected chi connectivity index (χ4v) is 0.423. The predicted molar refractivity (Wildman–Crippen MR) is 51.7 cm³/mol. The number of unbranched alkanes of at least 4 members (excludes halogenated alkanes) is 2. The van der Waals surface area contributed by atoms with Crippen molar-refractivity contribution in [2.75, 3.05) is 13.7 Å². The summed E-state index contributed by atoms with van der Waals surface area (Å²) >= 11 is 0. The van der Waals surface area contributed by atoms with Crippen LogP contribution < -0.4 is 0 Å². The van der Waals surface area contributed by atoms with Crippen LogP contribution in [0.4, 0.5) is 0 Å². The van der Waals surface area contributed by atoms with Gasteiger partial charge in [0.15, 0.2) is 0 Å². The summed E-state index contributed by atoms with van der Waals surface area (Å²) in [7, 11) is 1.73. The minimum absolute atomic E-state index is 0. The molecular formula is C10H20O2Y-2. The molecule has 0 aromatic rings. The Morgan fingerprint density at radius 3 is 2.08 bits per heavy atom. The van der Waals surface area contributed by atoms with E-state index < -0.39 is 0 Å². The quantitative estimate of drug-likeness (QED) is 0.561. The summed E-state index contributed by atoms with van der Waals surface area (Å²) in [4.78, 5) is 9.70. The monoisotopic (exact) mass is 261 g/mol. The number of ether oxygens (including phenoxy) is 1. The fraction of sp³-hybridized carbons (Fsp3) is 0.700. The van der Waals surface area contributed by atoms with Gasteiger partial charge in [-0.05, 0) is 18.6 Å². The van der Waals surface area contributed by atoms with Crippen LogP contribution in [0.15, 0.2) is 0 Å². The van der Waals surface area contributed by atoms with Gasteiger partial charge in [-0.3, -0.25) is 0 Å². The summed E-state index contributed by atoms with van der Waals surface area (Å²) in [6.45, 7) is 9.49. The molecule has 0 rings (SSSR count). The number of hydrogen-bond donors (Lipinski definition) is 0. The molecule has 13 heavy (non-hydrogen) atoms. The molecule has 0 aliphatic rings. The molecule has 0 N–H and O–H groups in total. The molecule has 0 spiro atoms. The zero-order valence-electron chi connectivity index (χ0n) is 8.84. The van der Waals surface area contributed by atoms with Crippen molar-refractivity contribution in [1.82, 2.24) is 0 Å². The van der Waals surface area contributed by atoms with E-state index in [1.165, 1.54) is 6.42 Å². The van der Waals surface area contributed by atoms with Crippen molar-refractivity contribution >= 4 is 5.78 Å². The molecule has 0 atom stereocenters. The standard InChI is InChI=1S/C6H13O.C4H7O.Y/c1-3-4-5-6-7-2;1-3-4(2)5;/h1,3-6H2,2H3;2-3H2,1H3;/q2*-1;. The van der Waals surface area contributed by atoms with Crippen molar-refractivity contribution in [2.24, 2.45) is 0 Å². The second-order valence-corrected chi connectivity index (χ2v) is 2.45. The minimum atomic E-state index is 0. The molecule has 1 radical (unpaired) electrons. The van der Waals surface area contributed by atoms with Crippen LogP contribution >= 0.6 is 0 Å². The van der Waals surface area contributed by atoms with Crippen molar-refractivity contribution in [3.8, 4) is 0 Å². The van der Waals surface area contributed by atoms with Gasteiger partial charge in [-0.1, -0.05) is 13.3 Å². The Kier molecular flexibility index (Phi) is 27.2. The van der Waals surface area contributed by atoms with Crippen LogP contribution in [0.2, 0.25) is 0 Å². The topological polar surface area (TPSA) is 26.3 Å². The predicted octanol–water partition coefficient (Wildman–Crippen LogP) is 2.43. The summed E-state index contributed by atoms with van der Waals surface area (Å²) in [6, 6.07) is 0. The summed E-state index contributed by atoms with van der Waals surface area (Å²) < 4.78 is 4.82. The maximum Gasteiger partial charge on any atom is 0.0461 e. The summed E-state index contributed by atoms with van der Waals surface area (Å²) in [5.74, 6) is 0.00463. The average molecular weight is 261 g/mol. The number of hydrogen-bond acceptors (Lipinski definition) is 2. The van der Waals surface area contributed by atoms with Crippen molar-refractivity contribution in [3.63, 3.8) is 0 Å². The van der Waals surface area contributed by atoms with Crippen LogP contribution in [0.3, 0.4) is 0 Å².